The average molecular weight is 344 g/mol. The van der Waals surface area contributed by atoms with Crippen LogP contribution in [-0.2, 0) is 4.79 Å². The Morgan fingerprint density at radius 3 is 2.33 bits per heavy atom. The number of ether oxygens (including phenoxy) is 2. The van der Waals surface area contributed by atoms with Crippen LogP contribution in [0.1, 0.15) is 24.2 Å². The second-order valence-electron chi connectivity index (χ2n) is 4.94. The van der Waals surface area contributed by atoms with Gasteiger partial charge in [0.05, 0.1) is 19.2 Å². The number of amides is 2. The molecule has 0 aromatic heterocycles. The molecule has 0 saturated heterocycles. The summed E-state index contributed by atoms with van der Waals surface area (Å²) in [5.74, 6) is -1.16. The van der Waals surface area contributed by atoms with Gasteiger partial charge in [0.15, 0.2) is 11.5 Å². The number of benzene rings is 1. The molecular formula is C16H22F2N2O4. The minimum Gasteiger partial charge on any atom is -0.493 e. The van der Waals surface area contributed by atoms with Crippen LogP contribution in [0.2, 0.25) is 0 Å². The van der Waals surface area contributed by atoms with E-state index in [1.165, 1.54) is 32.4 Å². The number of likely N-dealkylation sites (N-methyl/N-ethyl adjacent to an activating group) is 2. The zero-order valence-corrected chi connectivity index (χ0v) is 14.2. The van der Waals surface area contributed by atoms with Crippen molar-refractivity contribution in [3.05, 3.63) is 23.8 Å². The van der Waals surface area contributed by atoms with Crippen molar-refractivity contribution in [2.75, 3.05) is 33.8 Å². The molecule has 0 unspecified atom stereocenters. The molecule has 24 heavy (non-hydrogen) atoms. The van der Waals surface area contributed by atoms with Crippen molar-refractivity contribution in [1.82, 2.24) is 9.80 Å². The summed E-state index contributed by atoms with van der Waals surface area (Å²) < 4.78 is 34.6. The number of rotatable bonds is 8. The van der Waals surface area contributed by atoms with Crippen LogP contribution in [0.4, 0.5) is 8.78 Å². The predicted octanol–water partition coefficient (Wildman–Crippen LogP) is 2.24. The van der Waals surface area contributed by atoms with E-state index in [9.17, 15) is 18.4 Å². The number of para-hydroxylation sites is 1. The van der Waals surface area contributed by atoms with E-state index in [-0.39, 0.29) is 29.5 Å². The van der Waals surface area contributed by atoms with E-state index in [0.29, 0.717) is 13.1 Å². The highest BCUT2D eigenvalue weighted by Gasteiger charge is 2.24. The van der Waals surface area contributed by atoms with Gasteiger partial charge in [0.2, 0.25) is 5.91 Å². The van der Waals surface area contributed by atoms with E-state index in [0.717, 1.165) is 4.90 Å². The van der Waals surface area contributed by atoms with Crippen molar-refractivity contribution in [3.63, 3.8) is 0 Å². The maximum Gasteiger partial charge on any atom is 0.387 e. The fourth-order valence-electron chi connectivity index (χ4n) is 2.21. The van der Waals surface area contributed by atoms with Gasteiger partial charge in [-0.2, -0.15) is 8.78 Å². The Morgan fingerprint density at radius 2 is 1.83 bits per heavy atom. The fourth-order valence-corrected chi connectivity index (χ4v) is 2.21. The molecule has 0 saturated carbocycles. The first-order chi connectivity index (χ1) is 11.3. The van der Waals surface area contributed by atoms with Gasteiger partial charge in [0.25, 0.3) is 5.91 Å². The van der Waals surface area contributed by atoms with Crippen molar-refractivity contribution < 1.29 is 27.8 Å². The summed E-state index contributed by atoms with van der Waals surface area (Å²) in [4.78, 5) is 27.4. The Labute approximate surface area is 139 Å². The molecule has 0 heterocycles. The van der Waals surface area contributed by atoms with Gasteiger partial charge in [-0.15, -0.1) is 0 Å². The van der Waals surface area contributed by atoms with Crippen LogP contribution in [0.25, 0.3) is 0 Å². The van der Waals surface area contributed by atoms with E-state index in [1.807, 2.05) is 13.8 Å². The van der Waals surface area contributed by atoms with Crippen molar-refractivity contribution in [3.8, 4) is 11.5 Å². The van der Waals surface area contributed by atoms with Gasteiger partial charge in [-0.3, -0.25) is 9.59 Å². The third-order valence-corrected chi connectivity index (χ3v) is 3.47. The van der Waals surface area contributed by atoms with Crippen molar-refractivity contribution >= 4 is 11.8 Å². The summed E-state index contributed by atoms with van der Waals surface area (Å²) in [7, 11) is 2.71. The fraction of sp³-hybridized carbons (Fsp3) is 0.500. The predicted molar refractivity (Wildman–Crippen MR) is 84.5 cm³/mol. The second kappa shape index (κ2) is 9.05. The third kappa shape index (κ3) is 4.81. The Kier molecular flexibility index (Phi) is 7.41. The lowest BCUT2D eigenvalue weighted by Gasteiger charge is -2.24. The van der Waals surface area contributed by atoms with Crippen LogP contribution in [0, 0.1) is 0 Å². The summed E-state index contributed by atoms with van der Waals surface area (Å²) in [5, 5.41) is 0. The highest BCUT2D eigenvalue weighted by Crippen LogP contribution is 2.33. The molecule has 0 bridgehead atoms. The average Bonchev–Trinajstić information content (AvgIpc) is 2.54. The monoisotopic (exact) mass is 344 g/mol. The smallest absolute Gasteiger partial charge is 0.387 e. The summed E-state index contributed by atoms with van der Waals surface area (Å²) in [5.41, 5.74) is -0.0931. The molecule has 0 atom stereocenters. The number of carbonyl (C=O) groups is 2. The largest absolute Gasteiger partial charge is 0.493 e. The highest BCUT2D eigenvalue weighted by molar-refractivity contribution is 5.99. The molecule has 0 aliphatic carbocycles. The first-order valence-corrected chi connectivity index (χ1v) is 7.50. The molecule has 0 fully saturated rings. The first-order valence-electron chi connectivity index (χ1n) is 7.50. The molecular weight excluding hydrogens is 322 g/mol. The maximum atomic E-state index is 12.6. The molecule has 1 aromatic carbocycles. The zero-order chi connectivity index (χ0) is 18.3. The summed E-state index contributed by atoms with van der Waals surface area (Å²) in [6.07, 6.45) is 0. The van der Waals surface area contributed by atoms with E-state index in [4.69, 9.17) is 4.74 Å². The van der Waals surface area contributed by atoms with Crippen LogP contribution < -0.4 is 9.47 Å². The number of halogens is 2. The van der Waals surface area contributed by atoms with Crippen LogP contribution in [0.15, 0.2) is 18.2 Å². The number of nitrogens with zero attached hydrogens (tertiary/aromatic N) is 2. The molecule has 1 aromatic rings. The standard InChI is InChI=1S/C16H22F2N2O4/c1-5-20(6-2)13(21)10-19(3)15(22)11-8-7-9-12(23-4)14(11)24-16(17)18/h7-9,16H,5-6,10H2,1-4H3. The minimum atomic E-state index is -3.10. The molecule has 0 spiro atoms. The molecule has 2 amide bonds. The van der Waals surface area contributed by atoms with E-state index >= 15 is 0 Å². The number of alkyl halides is 2. The van der Waals surface area contributed by atoms with Crippen molar-refractivity contribution in [1.29, 1.82) is 0 Å². The van der Waals surface area contributed by atoms with Crippen LogP contribution in [-0.4, -0.2) is 62.0 Å². The highest BCUT2D eigenvalue weighted by atomic mass is 19.3. The van der Waals surface area contributed by atoms with Gasteiger partial charge in [0, 0.05) is 20.1 Å². The Morgan fingerprint density at radius 1 is 1.21 bits per heavy atom. The minimum absolute atomic E-state index is 0.0182. The SMILES string of the molecule is CCN(CC)C(=O)CN(C)C(=O)c1cccc(OC)c1OC(F)F. The lowest BCUT2D eigenvalue weighted by molar-refractivity contribution is -0.131. The molecule has 8 heteroatoms. The van der Waals surface area contributed by atoms with Crippen LogP contribution in [0.3, 0.4) is 0 Å². The lowest BCUT2D eigenvalue weighted by atomic mass is 10.1. The van der Waals surface area contributed by atoms with Gasteiger partial charge < -0.3 is 19.3 Å². The Balaban J connectivity index is 3.03. The number of hydrogen-bond donors (Lipinski definition) is 0. The Hall–Kier alpha value is -2.38. The van der Waals surface area contributed by atoms with E-state index in [1.54, 1.807) is 4.90 Å². The number of hydrogen-bond acceptors (Lipinski definition) is 4. The molecule has 0 N–H and O–H groups in total. The Bertz CT molecular complexity index is 577. The van der Waals surface area contributed by atoms with E-state index in [2.05, 4.69) is 4.74 Å². The van der Waals surface area contributed by atoms with Crippen molar-refractivity contribution in [2.24, 2.45) is 0 Å². The maximum absolute atomic E-state index is 12.6. The molecule has 6 nitrogen and oxygen atoms in total. The van der Waals surface area contributed by atoms with E-state index < -0.39 is 12.5 Å². The van der Waals surface area contributed by atoms with Gasteiger partial charge in [0.1, 0.15) is 0 Å². The number of methoxy groups -OCH3 is 1. The molecule has 134 valence electrons. The summed E-state index contributed by atoms with van der Waals surface area (Å²) in [6, 6.07) is 4.25. The normalized spacial score (nSPS) is 10.5. The third-order valence-electron chi connectivity index (χ3n) is 3.47. The molecule has 0 radical (unpaired) electrons. The van der Waals surface area contributed by atoms with Gasteiger partial charge >= 0.3 is 6.61 Å². The van der Waals surface area contributed by atoms with Gasteiger partial charge in [-0.05, 0) is 26.0 Å². The topological polar surface area (TPSA) is 59.1 Å². The number of carbonyl (C=O) groups excluding carboxylic acids is 2. The molecule has 1 rings (SSSR count). The van der Waals surface area contributed by atoms with Crippen LogP contribution >= 0.6 is 0 Å². The first kappa shape index (κ1) is 19.7. The van der Waals surface area contributed by atoms with Crippen molar-refractivity contribution in [2.45, 2.75) is 20.5 Å². The van der Waals surface area contributed by atoms with Crippen LogP contribution in [0.5, 0.6) is 11.5 Å². The van der Waals surface area contributed by atoms with Gasteiger partial charge in [-0.1, -0.05) is 6.07 Å². The second-order valence-corrected chi connectivity index (χ2v) is 4.94. The summed E-state index contributed by atoms with van der Waals surface area (Å²) in [6.45, 7) is 1.45. The summed E-state index contributed by atoms with van der Waals surface area (Å²) >= 11 is 0. The quantitative estimate of drug-likeness (QED) is 0.726. The van der Waals surface area contributed by atoms with Gasteiger partial charge in [-0.25, -0.2) is 0 Å². The lowest BCUT2D eigenvalue weighted by Crippen LogP contribution is -2.41. The zero-order valence-electron chi connectivity index (χ0n) is 14.2. The molecule has 0 aliphatic heterocycles. The molecule has 0 aliphatic rings.